The molecule has 0 fully saturated rings. The Hall–Kier alpha value is -1.78. The summed E-state index contributed by atoms with van der Waals surface area (Å²) in [6, 6.07) is 1.29. The number of furan rings is 1. The summed E-state index contributed by atoms with van der Waals surface area (Å²) in [7, 11) is 0. The molecule has 0 atom stereocenters. The standard InChI is InChI=1S/C8H9NO4/c1-2-6(10)9-7-5(8(11)12)3-4-13-7/h3-4H,2H2,1H3,(H,9,10)(H,11,12). The van der Waals surface area contributed by atoms with Crippen LogP contribution in [0.15, 0.2) is 16.7 Å². The van der Waals surface area contributed by atoms with Gasteiger partial charge in [-0.05, 0) is 6.07 Å². The fourth-order valence-electron chi connectivity index (χ4n) is 0.789. The molecule has 1 aromatic rings. The van der Waals surface area contributed by atoms with Crippen LogP contribution in [0.25, 0.3) is 0 Å². The fraction of sp³-hybridized carbons (Fsp3) is 0.250. The maximum Gasteiger partial charge on any atom is 0.341 e. The van der Waals surface area contributed by atoms with Crippen LogP contribution in [0.1, 0.15) is 23.7 Å². The van der Waals surface area contributed by atoms with E-state index in [1.54, 1.807) is 6.92 Å². The summed E-state index contributed by atoms with van der Waals surface area (Å²) in [4.78, 5) is 21.4. The smallest absolute Gasteiger partial charge is 0.341 e. The Morgan fingerprint density at radius 3 is 2.85 bits per heavy atom. The number of carbonyl (C=O) groups is 2. The van der Waals surface area contributed by atoms with Crippen LogP contribution in [-0.4, -0.2) is 17.0 Å². The molecule has 2 N–H and O–H groups in total. The second-order valence-electron chi connectivity index (χ2n) is 2.37. The molecule has 1 amide bonds. The average molecular weight is 183 g/mol. The van der Waals surface area contributed by atoms with Crippen molar-refractivity contribution in [3.05, 3.63) is 17.9 Å². The van der Waals surface area contributed by atoms with E-state index in [1.165, 1.54) is 12.3 Å². The number of hydrogen-bond donors (Lipinski definition) is 2. The first-order valence-corrected chi connectivity index (χ1v) is 3.75. The molecule has 1 rings (SSSR count). The van der Waals surface area contributed by atoms with Gasteiger partial charge in [-0.25, -0.2) is 4.79 Å². The SMILES string of the molecule is CCC(=O)Nc1occc1C(=O)O. The van der Waals surface area contributed by atoms with Crippen LogP contribution in [0.2, 0.25) is 0 Å². The number of carboxylic acids is 1. The van der Waals surface area contributed by atoms with Gasteiger partial charge in [-0.1, -0.05) is 6.92 Å². The van der Waals surface area contributed by atoms with Crippen LogP contribution in [0.4, 0.5) is 5.88 Å². The van der Waals surface area contributed by atoms with E-state index in [9.17, 15) is 9.59 Å². The molecule has 0 spiro atoms. The van der Waals surface area contributed by atoms with Crippen LogP contribution < -0.4 is 5.32 Å². The second kappa shape index (κ2) is 3.75. The van der Waals surface area contributed by atoms with Gasteiger partial charge in [0.15, 0.2) is 0 Å². The van der Waals surface area contributed by atoms with E-state index in [1.807, 2.05) is 0 Å². The van der Waals surface area contributed by atoms with Gasteiger partial charge in [0.1, 0.15) is 5.56 Å². The Bertz CT molecular complexity index is 329. The highest BCUT2D eigenvalue weighted by atomic mass is 16.4. The zero-order chi connectivity index (χ0) is 9.84. The fourth-order valence-corrected chi connectivity index (χ4v) is 0.789. The van der Waals surface area contributed by atoms with E-state index >= 15 is 0 Å². The van der Waals surface area contributed by atoms with E-state index in [-0.39, 0.29) is 23.8 Å². The third-order valence-electron chi connectivity index (χ3n) is 1.47. The summed E-state index contributed by atoms with van der Waals surface area (Å²) in [5.74, 6) is -1.42. The predicted molar refractivity (Wildman–Crippen MR) is 44.6 cm³/mol. The first-order valence-electron chi connectivity index (χ1n) is 3.75. The minimum atomic E-state index is -1.12. The Kier molecular flexibility index (Phi) is 2.69. The number of rotatable bonds is 3. The van der Waals surface area contributed by atoms with Crippen LogP contribution in [0.5, 0.6) is 0 Å². The van der Waals surface area contributed by atoms with Crippen molar-refractivity contribution >= 4 is 17.8 Å². The van der Waals surface area contributed by atoms with Crippen molar-refractivity contribution in [2.45, 2.75) is 13.3 Å². The second-order valence-corrected chi connectivity index (χ2v) is 2.37. The van der Waals surface area contributed by atoms with Gasteiger partial charge in [0.25, 0.3) is 0 Å². The Labute approximate surface area is 74.4 Å². The zero-order valence-corrected chi connectivity index (χ0v) is 7.03. The first-order chi connectivity index (χ1) is 6.15. The van der Waals surface area contributed by atoms with Gasteiger partial charge in [0, 0.05) is 6.42 Å². The van der Waals surface area contributed by atoms with Crippen molar-refractivity contribution in [3.63, 3.8) is 0 Å². The summed E-state index contributed by atoms with van der Waals surface area (Å²) in [5, 5.41) is 11.0. The van der Waals surface area contributed by atoms with Gasteiger partial charge in [-0.2, -0.15) is 0 Å². The van der Waals surface area contributed by atoms with E-state index in [2.05, 4.69) is 5.32 Å². The van der Waals surface area contributed by atoms with Gasteiger partial charge in [-0.3, -0.25) is 10.1 Å². The number of anilines is 1. The lowest BCUT2D eigenvalue weighted by atomic mass is 10.3. The summed E-state index contributed by atoms with van der Waals surface area (Å²) < 4.78 is 4.79. The summed E-state index contributed by atoms with van der Waals surface area (Å²) in [5.41, 5.74) is -0.0400. The highest BCUT2D eigenvalue weighted by Gasteiger charge is 2.14. The molecule has 0 aliphatic rings. The summed E-state index contributed by atoms with van der Waals surface area (Å²) in [6.45, 7) is 1.67. The van der Waals surface area contributed by atoms with Crippen molar-refractivity contribution in [2.75, 3.05) is 5.32 Å². The van der Waals surface area contributed by atoms with Crippen molar-refractivity contribution in [1.82, 2.24) is 0 Å². The van der Waals surface area contributed by atoms with Gasteiger partial charge in [0.2, 0.25) is 11.8 Å². The summed E-state index contributed by atoms with van der Waals surface area (Å²) in [6.07, 6.45) is 1.49. The van der Waals surface area contributed by atoms with Crippen LogP contribution >= 0.6 is 0 Å². The molecule has 0 aromatic carbocycles. The Morgan fingerprint density at radius 1 is 1.62 bits per heavy atom. The molecule has 0 saturated carbocycles. The van der Waals surface area contributed by atoms with E-state index in [0.717, 1.165) is 0 Å². The van der Waals surface area contributed by atoms with Gasteiger partial charge < -0.3 is 9.52 Å². The minimum Gasteiger partial charge on any atom is -0.477 e. The highest BCUT2D eigenvalue weighted by Crippen LogP contribution is 2.16. The number of nitrogens with one attached hydrogen (secondary N) is 1. The third kappa shape index (κ3) is 2.08. The lowest BCUT2D eigenvalue weighted by Gasteiger charge is -1.99. The zero-order valence-electron chi connectivity index (χ0n) is 7.03. The number of aromatic carboxylic acids is 1. The molecular formula is C8H9NO4. The quantitative estimate of drug-likeness (QED) is 0.740. The van der Waals surface area contributed by atoms with E-state index in [0.29, 0.717) is 0 Å². The van der Waals surface area contributed by atoms with Crippen LogP contribution in [0, 0.1) is 0 Å². The molecule has 5 nitrogen and oxygen atoms in total. The van der Waals surface area contributed by atoms with Gasteiger partial charge >= 0.3 is 5.97 Å². The molecule has 0 saturated heterocycles. The van der Waals surface area contributed by atoms with Crippen molar-refractivity contribution in [1.29, 1.82) is 0 Å². The van der Waals surface area contributed by atoms with Crippen molar-refractivity contribution < 1.29 is 19.1 Å². The van der Waals surface area contributed by atoms with Crippen molar-refractivity contribution in [2.24, 2.45) is 0 Å². The monoisotopic (exact) mass is 183 g/mol. The average Bonchev–Trinajstić information content (AvgIpc) is 2.52. The molecule has 1 aromatic heterocycles. The molecule has 0 radical (unpaired) electrons. The molecule has 0 aliphatic carbocycles. The largest absolute Gasteiger partial charge is 0.477 e. The molecular weight excluding hydrogens is 174 g/mol. The van der Waals surface area contributed by atoms with Crippen LogP contribution in [0.3, 0.4) is 0 Å². The van der Waals surface area contributed by atoms with E-state index in [4.69, 9.17) is 9.52 Å². The number of hydrogen-bond acceptors (Lipinski definition) is 3. The Morgan fingerprint density at radius 2 is 2.31 bits per heavy atom. The maximum absolute atomic E-state index is 10.9. The molecule has 0 aliphatic heterocycles. The molecule has 0 unspecified atom stereocenters. The molecule has 70 valence electrons. The third-order valence-corrected chi connectivity index (χ3v) is 1.47. The Balaban J connectivity index is 2.82. The van der Waals surface area contributed by atoms with Gasteiger partial charge in [-0.15, -0.1) is 0 Å². The molecule has 13 heavy (non-hydrogen) atoms. The normalized spacial score (nSPS) is 9.62. The van der Waals surface area contributed by atoms with Crippen LogP contribution in [-0.2, 0) is 4.79 Å². The lowest BCUT2D eigenvalue weighted by molar-refractivity contribution is -0.116. The number of carboxylic acid groups (broad SMARTS) is 1. The van der Waals surface area contributed by atoms with Gasteiger partial charge in [0.05, 0.1) is 6.26 Å². The summed E-state index contributed by atoms with van der Waals surface area (Å²) >= 11 is 0. The number of amides is 1. The topological polar surface area (TPSA) is 79.5 Å². The maximum atomic E-state index is 10.9. The first kappa shape index (κ1) is 9.31. The van der Waals surface area contributed by atoms with Crippen molar-refractivity contribution in [3.8, 4) is 0 Å². The predicted octanol–water partition coefficient (Wildman–Crippen LogP) is 1.33. The van der Waals surface area contributed by atoms with E-state index < -0.39 is 5.97 Å². The molecule has 0 bridgehead atoms. The molecule has 1 heterocycles. The lowest BCUT2D eigenvalue weighted by Crippen LogP contribution is -2.11. The molecule has 5 heteroatoms. The number of carbonyl (C=O) groups excluding carboxylic acids is 1. The minimum absolute atomic E-state index is 0.0145. The highest BCUT2D eigenvalue weighted by molar-refractivity contribution is 5.98.